The normalized spacial score (nSPS) is 10.1. The Kier molecular flexibility index (Phi) is 3.68. The predicted octanol–water partition coefficient (Wildman–Crippen LogP) is 2.17. The lowest BCUT2D eigenvalue weighted by Gasteiger charge is -2.05. The van der Waals surface area contributed by atoms with Gasteiger partial charge in [-0.15, -0.1) is 0 Å². The predicted molar refractivity (Wildman–Crippen MR) is 72.1 cm³/mol. The number of furan rings is 1. The van der Waals surface area contributed by atoms with Crippen LogP contribution in [-0.4, -0.2) is 5.48 Å². The van der Waals surface area contributed by atoms with E-state index in [2.05, 4.69) is 5.32 Å². The van der Waals surface area contributed by atoms with Crippen LogP contribution in [0.5, 0.6) is 0 Å². The van der Waals surface area contributed by atoms with Crippen LogP contribution in [0.4, 0.5) is 5.69 Å². The molecule has 3 rings (SSSR count). The summed E-state index contributed by atoms with van der Waals surface area (Å²) in [7, 11) is 0. The zero-order valence-electron chi connectivity index (χ0n) is 10.1. The Bertz CT molecular complexity index is 716. The Labute approximate surface area is 108 Å². The maximum atomic E-state index is 11.1. The molecule has 3 N–H and O–H groups in total. The number of nitrogens with one attached hydrogen (secondary N) is 1. The standard InChI is InChI=1S/C14H11NO3.H2O/c16-14-4-2-11-1-3-12(7-13(11)18-14)15-8-10-5-6-17-9-10;/h1-7,9,15H,8H2;1H2. The van der Waals surface area contributed by atoms with E-state index >= 15 is 0 Å². The molecule has 0 fully saturated rings. The molecule has 3 aromatic rings. The minimum atomic E-state index is -0.338. The van der Waals surface area contributed by atoms with E-state index in [1.807, 2.05) is 24.3 Å². The highest BCUT2D eigenvalue weighted by molar-refractivity contribution is 5.80. The molecule has 0 atom stereocenters. The Hall–Kier alpha value is -2.53. The Balaban J connectivity index is 0.00000133. The largest absolute Gasteiger partial charge is 0.472 e. The Morgan fingerprint density at radius 2 is 1.95 bits per heavy atom. The van der Waals surface area contributed by atoms with Crippen molar-refractivity contribution in [1.82, 2.24) is 0 Å². The maximum absolute atomic E-state index is 11.1. The molecular formula is C14H13NO4. The smallest absolute Gasteiger partial charge is 0.336 e. The first-order valence-electron chi connectivity index (χ1n) is 5.60. The van der Waals surface area contributed by atoms with Gasteiger partial charge in [0.25, 0.3) is 0 Å². The fourth-order valence-electron chi connectivity index (χ4n) is 1.77. The second-order valence-corrected chi connectivity index (χ2v) is 3.99. The minimum Gasteiger partial charge on any atom is -0.472 e. The van der Waals surface area contributed by atoms with Crippen molar-refractivity contribution in [2.24, 2.45) is 0 Å². The fourth-order valence-corrected chi connectivity index (χ4v) is 1.77. The van der Waals surface area contributed by atoms with E-state index in [9.17, 15) is 4.79 Å². The van der Waals surface area contributed by atoms with Crippen LogP contribution in [0.25, 0.3) is 11.0 Å². The summed E-state index contributed by atoms with van der Waals surface area (Å²) in [6.07, 6.45) is 3.32. The molecule has 2 heterocycles. The molecule has 0 saturated carbocycles. The average molecular weight is 259 g/mol. The van der Waals surface area contributed by atoms with E-state index in [1.54, 1.807) is 18.6 Å². The third kappa shape index (κ3) is 2.83. The van der Waals surface area contributed by atoms with Crippen LogP contribution in [-0.2, 0) is 6.54 Å². The van der Waals surface area contributed by atoms with E-state index in [-0.39, 0.29) is 11.1 Å². The molecule has 5 nitrogen and oxygen atoms in total. The number of benzene rings is 1. The fraction of sp³-hybridized carbons (Fsp3) is 0.0714. The molecule has 0 aliphatic heterocycles. The maximum Gasteiger partial charge on any atom is 0.336 e. The van der Waals surface area contributed by atoms with Gasteiger partial charge in [-0.1, -0.05) is 0 Å². The van der Waals surface area contributed by atoms with Gasteiger partial charge < -0.3 is 19.6 Å². The highest BCUT2D eigenvalue weighted by Crippen LogP contribution is 2.18. The van der Waals surface area contributed by atoms with E-state index in [0.29, 0.717) is 12.1 Å². The van der Waals surface area contributed by atoms with Gasteiger partial charge >= 0.3 is 5.63 Å². The summed E-state index contributed by atoms with van der Waals surface area (Å²) >= 11 is 0. The van der Waals surface area contributed by atoms with Crippen molar-refractivity contribution in [2.75, 3.05) is 5.32 Å². The van der Waals surface area contributed by atoms with Crippen LogP contribution >= 0.6 is 0 Å². The van der Waals surface area contributed by atoms with Gasteiger partial charge in [0.2, 0.25) is 0 Å². The van der Waals surface area contributed by atoms with E-state index in [1.165, 1.54) is 6.07 Å². The van der Waals surface area contributed by atoms with Crippen molar-refractivity contribution in [3.05, 3.63) is 64.9 Å². The average Bonchev–Trinajstić information content (AvgIpc) is 2.89. The van der Waals surface area contributed by atoms with Gasteiger partial charge in [-0.3, -0.25) is 0 Å². The van der Waals surface area contributed by atoms with E-state index < -0.39 is 0 Å². The molecule has 0 bridgehead atoms. The van der Waals surface area contributed by atoms with Crippen molar-refractivity contribution < 1.29 is 14.3 Å². The van der Waals surface area contributed by atoms with Gasteiger partial charge in [0.1, 0.15) is 5.58 Å². The molecule has 98 valence electrons. The summed E-state index contributed by atoms with van der Waals surface area (Å²) in [6, 6.07) is 10.7. The minimum absolute atomic E-state index is 0. The zero-order valence-corrected chi connectivity index (χ0v) is 10.1. The van der Waals surface area contributed by atoms with E-state index in [0.717, 1.165) is 16.6 Å². The molecular weight excluding hydrogens is 246 g/mol. The summed E-state index contributed by atoms with van der Waals surface area (Å²) in [5.74, 6) is 0. The molecule has 0 amide bonds. The lowest BCUT2D eigenvalue weighted by molar-refractivity contribution is 0.561. The molecule has 1 aromatic carbocycles. The molecule has 19 heavy (non-hydrogen) atoms. The van der Waals surface area contributed by atoms with Gasteiger partial charge in [-0.05, 0) is 24.3 Å². The Morgan fingerprint density at radius 1 is 1.11 bits per heavy atom. The Morgan fingerprint density at radius 3 is 2.74 bits per heavy atom. The summed E-state index contributed by atoms with van der Waals surface area (Å²) in [5, 5.41) is 4.14. The first-order chi connectivity index (χ1) is 8.81. The summed E-state index contributed by atoms with van der Waals surface area (Å²) in [6.45, 7) is 0.666. The van der Waals surface area contributed by atoms with Gasteiger partial charge in [-0.2, -0.15) is 0 Å². The molecule has 0 spiro atoms. The first kappa shape index (κ1) is 12.9. The van der Waals surface area contributed by atoms with Crippen LogP contribution in [0.15, 0.2) is 62.6 Å². The number of anilines is 1. The topological polar surface area (TPSA) is 86.9 Å². The van der Waals surface area contributed by atoms with Crippen LogP contribution in [0.1, 0.15) is 5.56 Å². The number of hydrogen-bond acceptors (Lipinski definition) is 4. The van der Waals surface area contributed by atoms with Crippen molar-refractivity contribution in [1.29, 1.82) is 0 Å². The van der Waals surface area contributed by atoms with E-state index in [4.69, 9.17) is 8.83 Å². The van der Waals surface area contributed by atoms with Gasteiger partial charge in [-0.25, -0.2) is 4.79 Å². The van der Waals surface area contributed by atoms with Crippen LogP contribution < -0.4 is 10.9 Å². The number of fused-ring (bicyclic) bond motifs is 1. The van der Waals surface area contributed by atoms with Gasteiger partial charge in [0.15, 0.2) is 0 Å². The van der Waals surface area contributed by atoms with Gasteiger partial charge in [0.05, 0.1) is 12.5 Å². The molecule has 2 aromatic heterocycles. The highest BCUT2D eigenvalue weighted by Gasteiger charge is 2.00. The van der Waals surface area contributed by atoms with Crippen molar-refractivity contribution in [2.45, 2.75) is 6.54 Å². The van der Waals surface area contributed by atoms with Crippen LogP contribution in [0, 0.1) is 0 Å². The molecule has 0 aliphatic carbocycles. The van der Waals surface area contributed by atoms with Crippen LogP contribution in [0.2, 0.25) is 0 Å². The zero-order chi connectivity index (χ0) is 12.4. The van der Waals surface area contributed by atoms with Crippen molar-refractivity contribution in [3.8, 4) is 0 Å². The van der Waals surface area contributed by atoms with Crippen molar-refractivity contribution >= 4 is 16.7 Å². The SMILES string of the molecule is O.O=c1ccc2ccc(NCc3ccoc3)cc2o1. The number of hydrogen-bond donors (Lipinski definition) is 1. The summed E-state index contributed by atoms with van der Waals surface area (Å²) in [5.41, 5.74) is 2.21. The molecule has 0 radical (unpaired) electrons. The molecule has 5 heteroatoms. The van der Waals surface area contributed by atoms with Crippen molar-refractivity contribution in [3.63, 3.8) is 0 Å². The second-order valence-electron chi connectivity index (χ2n) is 3.99. The monoisotopic (exact) mass is 259 g/mol. The first-order valence-corrected chi connectivity index (χ1v) is 5.60. The molecule has 0 saturated heterocycles. The lowest BCUT2D eigenvalue weighted by Crippen LogP contribution is -1.99. The summed E-state index contributed by atoms with van der Waals surface area (Å²) < 4.78 is 10.1. The molecule has 0 unspecified atom stereocenters. The van der Waals surface area contributed by atoms with Crippen LogP contribution in [0.3, 0.4) is 0 Å². The summed E-state index contributed by atoms with van der Waals surface area (Å²) in [4.78, 5) is 11.1. The quantitative estimate of drug-likeness (QED) is 0.730. The lowest BCUT2D eigenvalue weighted by atomic mass is 10.2. The highest BCUT2D eigenvalue weighted by atomic mass is 16.4. The third-order valence-electron chi connectivity index (χ3n) is 2.70. The third-order valence-corrected chi connectivity index (χ3v) is 2.70. The molecule has 0 aliphatic rings. The number of rotatable bonds is 3. The second kappa shape index (κ2) is 5.41. The van der Waals surface area contributed by atoms with Gasteiger partial charge in [0, 0.05) is 35.3 Å².